The van der Waals surface area contributed by atoms with E-state index in [2.05, 4.69) is 4.98 Å². The Kier molecular flexibility index (Phi) is 4.82. The van der Waals surface area contributed by atoms with Crippen LogP contribution in [0.2, 0.25) is 5.02 Å². The molecule has 1 aromatic heterocycles. The Bertz CT molecular complexity index is 1130. The lowest BCUT2D eigenvalue weighted by Crippen LogP contribution is -2.78. The van der Waals surface area contributed by atoms with E-state index in [1.165, 1.54) is 35.4 Å². The summed E-state index contributed by atoms with van der Waals surface area (Å²) in [7, 11) is 0. The van der Waals surface area contributed by atoms with Crippen molar-refractivity contribution in [2.75, 3.05) is 11.4 Å². The topological polar surface area (TPSA) is 73.7 Å². The van der Waals surface area contributed by atoms with Gasteiger partial charge in [0.05, 0.1) is 10.6 Å². The van der Waals surface area contributed by atoms with Crippen molar-refractivity contribution >= 4 is 29.2 Å². The zero-order valence-electron chi connectivity index (χ0n) is 17.7. The fraction of sp³-hybridized carbons (Fsp3) is 0.435. The molecule has 3 aliphatic carbocycles. The third-order valence-electron chi connectivity index (χ3n) is 6.91. The van der Waals surface area contributed by atoms with Crippen molar-refractivity contribution in [3.63, 3.8) is 0 Å². The van der Waals surface area contributed by atoms with E-state index in [1.54, 1.807) is 0 Å². The number of benzene rings is 1. The average molecular weight is 480 g/mol. The van der Waals surface area contributed by atoms with Crippen LogP contribution in [-0.4, -0.2) is 45.0 Å². The minimum absolute atomic E-state index is 0.0371. The number of halogens is 4. The molecule has 4 aliphatic rings. The number of pyridine rings is 1. The van der Waals surface area contributed by atoms with Crippen LogP contribution in [0.5, 0.6) is 0 Å². The van der Waals surface area contributed by atoms with Gasteiger partial charge in [-0.2, -0.15) is 0 Å². The molecule has 0 radical (unpaired) electrons. The van der Waals surface area contributed by atoms with Gasteiger partial charge in [-0.15, -0.1) is 0 Å². The van der Waals surface area contributed by atoms with Gasteiger partial charge in [-0.25, -0.2) is 18.2 Å². The largest absolute Gasteiger partial charge is 0.390 e. The van der Waals surface area contributed by atoms with Gasteiger partial charge < -0.3 is 10.0 Å². The predicted octanol–water partition coefficient (Wildman–Crippen LogP) is 3.64. The first-order valence-electron chi connectivity index (χ1n) is 10.5. The number of rotatable bonds is 5. The molecule has 3 saturated carbocycles. The van der Waals surface area contributed by atoms with Gasteiger partial charge in [0.1, 0.15) is 12.6 Å². The van der Waals surface area contributed by atoms with Crippen LogP contribution in [0.15, 0.2) is 36.5 Å². The van der Waals surface area contributed by atoms with Crippen LogP contribution >= 0.6 is 11.6 Å². The van der Waals surface area contributed by atoms with Gasteiger partial charge in [0.15, 0.2) is 11.6 Å². The number of amides is 2. The van der Waals surface area contributed by atoms with E-state index in [-0.39, 0.29) is 22.9 Å². The second-order valence-corrected chi connectivity index (χ2v) is 9.95. The average Bonchev–Trinajstić information content (AvgIpc) is 2.68. The first-order chi connectivity index (χ1) is 15.4. The molecule has 2 aromatic rings. The molecule has 2 heterocycles. The second kappa shape index (κ2) is 7.17. The van der Waals surface area contributed by atoms with E-state index in [9.17, 15) is 27.9 Å². The summed E-state index contributed by atoms with van der Waals surface area (Å²) < 4.78 is 41.6. The minimum Gasteiger partial charge on any atom is -0.390 e. The molecule has 1 aliphatic heterocycles. The molecule has 1 saturated heterocycles. The van der Waals surface area contributed by atoms with Crippen LogP contribution in [0.25, 0.3) is 0 Å². The third kappa shape index (κ3) is 3.58. The highest BCUT2D eigenvalue weighted by Gasteiger charge is 2.73. The highest BCUT2D eigenvalue weighted by Crippen LogP contribution is 2.70. The number of anilines is 1. The number of hydrogen-bond acceptors (Lipinski definition) is 4. The number of piperazine rings is 1. The summed E-state index contributed by atoms with van der Waals surface area (Å²) in [6.45, 7) is 0.429. The van der Waals surface area contributed by atoms with Crippen molar-refractivity contribution in [3.8, 4) is 0 Å². The van der Waals surface area contributed by atoms with Crippen molar-refractivity contribution in [1.82, 2.24) is 9.88 Å². The lowest BCUT2D eigenvalue weighted by Gasteiger charge is -2.71. The van der Waals surface area contributed by atoms with Gasteiger partial charge in [0.25, 0.3) is 11.8 Å². The zero-order valence-corrected chi connectivity index (χ0v) is 18.5. The maximum Gasteiger partial charge on any atom is 0.270 e. The van der Waals surface area contributed by atoms with Crippen molar-refractivity contribution < 1.29 is 27.9 Å². The summed E-state index contributed by atoms with van der Waals surface area (Å²) in [6, 6.07) is 5.70. The maximum absolute atomic E-state index is 14.5. The molecule has 6 rings (SSSR count). The Morgan fingerprint density at radius 1 is 1.21 bits per heavy atom. The van der Waals surface area contributed by atoms with Crippen molar-refractivity contribution in [2.24, 2.45) is 5.41 Å². The Labute approximate surface area is 193 Å². The van der Waals surface area contributed by atoms with E-state index in [0.717, 1.165) is 17.9 Å². The molecule has 1 N–H and O–H groups in total. The van der Waals surface area contributed by atoms with Gasteiger partial charge in [0, 0.05) is 30.6 Å². The van der Waals surface area contributed by atoms with E-state index < -0.39 is 47.2 Å². The lowest BCUT2D eigenvalue weighted by molar-refractivity contribution is -0.280. The van der Waals surface area contributed by atoms with E-state index >= 15 is 0 Å². The normalized spacial score (nSPS) is 29.1. The molecule has 6 nitrogen and oxygen atoms in total. The van der Waals surface area contributed by atoms with Crippen molar-refractivity contribution in [3.05, 3.63) is 58.5 Å². The quantitative estimate of drug-likeness (QED) is 0.710. The van der Waals surface area contributed by atoms with Crippen molar-refractivity contribution in [2.45, 2.75) is 50.3 Å². The summed E-state index contributed by atoms with van der Waals surface area (Å²) in [5.74, 6) is -4.99. The first kappa shape index (κ1) is 22.2. The predicted molar refractivity (Wildman–Crippen MR) is 113 cm³/mol. The van der Waals surface area contributed by atoms with E-state index in [4.69, 9.17) is 11.6 Å². The SMILES string of the molecule is CC(F)(F)c1ccc(CN2C(=O)CN(c3ncc(Cl)cc3F)C(=O)[C@H]2C23CC(O)(C2)C3)cc1. The molecular formula is C23H21ClF3N3O3. The van der Waals surface area contributed by atoms with Crippen molar-refractivity contribution in [1.29, 1.82) is 0 Å². The summed E-state index contributed by atoms with van der Waals surface area (Å²) in [6.07, 6.45) is 2.30. The summed E-state index contributed by atoms with van der Waals surface area (Å²) in [5, 5.41) is 10.3. The molecule has 33 heavy (non-hydrogen) atoms. The minimum atomic E-state index is -2.99. The van der Waals surface area contributed by atoms with Crippen LogP contribution < -0.4 is 4.90 Å². The standard InChI is InChI=1S/C23H21ClF3N3O3/c1-21(26,27)14-4-2-13(3-5-14)8-29-17(31)9-30(19-16(25)6-15(24)7-28-19)20(32)18(29)22-10-23(33,11-22)12-22/h2-7,18,33H,8-12H2,1H3/t18-,22?,23?/m0/s1. The number of carbonyl (C=O) groups is 2. The summed E-state index contributed by atoms with van der Waals surface area (Å²) in [4.78, 5) is 33.1. The molecule has 0 spiro atoms. The van der Waals surface area contributed by atoms with Crippen LogP contribution in [0.1, 0.15) is 37.3 Å². The Morgan fingerprint density at radius 2 is 1.85 bits per heavy atom. The number of alkyl halides is 2. The smallest absolute Gasteiger partial charge is 0.270 e. The molecule has 1 aromatic carbocycles. The fourth-order valence-corrected chi connectivity index (χ4v) is 5.63. The first-order valence-corrected chi connectivity index (χ1v) is 10.9. The highest BCUT2D eigenvalue weighted by atomic mass is 35.5. The number of hydrogen-bond donors (Lipinski definition) is 1. The number of carbonyl (C=O) groups excluding carboxylic acids is 2. The summed E-state index contributed by atoms with van der Waals surface area (Å²) >= 11 is 5.77. The van der Waals surface area contributed by atoms with Gasteiger partial charge in [-0.05, 0) is 30.9 Å². The van der Waals surface area contributed by atoms with E-state index in [1.807, 2.05) is 0 Å². The number of aliphatic hydroxyl groups is 1. The Balaban J connectivity index is 1.46. The third-order valence-corrected chi connectivity index (χ3v) is 7.11. The van der Waals surface area contributed by atoms with E-state index in [0.29, 0.717) is 24.8 Å². The molecule has 174 valence electrons. The fourth-order valence-electron chi connectivity index (χ4n) is 5.49. The Hall–Kier alpha value is -2.65. The van der Waals surface area contributed by atoms with Gasteiger partial charge in [-0.3, -0.25) is 14.5 Å². The van der Waals surface area contributed by atoms with Crippen LogP contribution in [0, 0.1) is 11.2 Å². The van der Waals surface area contributed by atoms with Crippen LogP contribution in [0.3, 0.4) is 0 Å². The maximum atomic E-state index is 14.5. The highest BCUT2D eigenvalue weighted by molar-refractivity contribution is 6.30. The number of aromatic nitrogens is 1. The monoisotopic (exact) mass is 479 g/mol. The molecule has 1 atom stereocenters. The molecule has 2 amide bonds. The zero-order chi connectivity index (χ0) is 23.8. The molecule has 4 fully saturated rings. The molecule has 0 unspecified atom stereocenters. The lowest BCUT2D eigenvalue weighted by atomic mass is 9.38. The van der Waals surface area contributed by atoms with Crippen LogP contribution in [-0.2, 0) is 22.1 Å². The molecule has 10 heteroatoms. The van der Waals surface area contributed by atoms with Gasteiger partial charge >= 0.3 is 0 Å². The number of nitrogens with zero attached hydrogens (tertiary/aromatic N) is 3. The molecular weight excluding hydrogens is 459 g/mol. The van der Waals surface area contributed by atoms with Crippen LogP contribution in [0.4, 0.5) is 19.0 Å². The van der Waals surface area contributed by atoms with Gasteiger partial charge in [0.2, 0.25) is 5.91 Å². The second-order valence-electron chi connectivity index (χ2n) is 9.51. The molecule has 2 bridgehead atoms. The Morgan fingerprint density at radius 3 is 2.39 bits per heavy atom. The van der Waals surface area contributed by atoms with Gasteiger partial charge in [-0.1, -0.05) is 35.9 Å². The summed E-state index contributed by atoms with van der Waals surface area (Å²) in [5.41, 5.74) is -0.987.